The van der Waals surface area contributed by atoms with E-state index in [0.29, 0.717) is 24.6 Å². The number of carbonyl (C=O) groups excluding carboxylic acids is 1. The zero-order valence-electron chi connectivity index (χ0n) is 14.5. The summed E-state index contributed by atoms with van der Waals surface area (Å²) in [5.74, 6) is 0.634. The monoisotopic (exact) mass is 358 g/mol. The lowest BCUT2D eigenvalue weighted by molar-refractivity contribution is 0.0963. The maximum absolute atomic E-state index is 11.7. The van der Waals surface area contributed by atoms with Gasteiger partial charge in [-0.1, -0.05) is 41.9 Å². The van der Waals surface area contributed by atoms with Crippen LogP contribution in [0.3, 0.4) is 0 Å². The van der Waals surface area contributed by atoms with E-state index in [1.807, 2.05) is 42.5 Å². The molecule has 0 radical (unpaired) electrons. The molecule has 2 aromatic carbocycles. The predicted octanol–water partition coefficient (Wildman–Crippen LogP) is 2.61. The Hall–Kier alpha value is -2.53. The van der Waals surface area contributed by atoms with Crippen LogP contribution in [0.4, 0.5) is 0 Å². The third-order valence-electron chi connectivity index (χ3n) is 3.75. The molecular weight excluding hydrogens is 336 g/mol. The Kier molecular flexibility index (Phi) is 7.29. The summed E-state index contributed by atoms with van der Waals surface area (Å²) >= 11 is 6.15. The molecule has 0 saturated carbocycles. The van der Waals surface area contributed by atoms with E-state index in [9.17, 15) is 4.79 Å². The number of nitrogens with zero attached hydrogens (tertiary/aromatic N) is 1. The van der Waals surface area contributed by atoms with Crippen molar-refractivity contribution in [3.8, 4) is 0 Å². The van der Waals surface area contributed by atoms with Gasteiger partial charge in [0.15, 0.2) is 5.96 Å². The average molecular weight is 359 g/mol. The Bertz CT molecular complexity index is 746. The van der Waals surface area contributed by atoms with Crippen LogP contribution in [0.5, 0.6) is 0 Å². The third kappa shape index (κ3) is 5.80. The molecule has 132 valence electrons. The largest absolute Gasteiger partial charge is 0.356 e. The van der Waals surface area contributed by atoms with Crippen molar-refractivity contribution >= 4 is 23.5 Å². The second-order valence-electron chi connectivity index (χ2n) is 5.47. The van der Waals surface area contributed by atoms with E-state index in [1.165, 1.54) is 0 Å². The molecule has 2 aromatic rings. The predicted molar refractivity (Wildman–Crippen MR) is 103 cm³/mol. The molecular formula is C19H23ClN4O. The molecule has 0 aliphatic rings. The maximum atomic E-state index is 11.7. The minimum atomic E-state index is -0.0768. The van der Waals surface area contributed by atoms with Crippen LogP contribution >= 0.6 is 11.6 Å². The van der Waals surface area contributed by atoms with Gasteiger partial charge in [0.1, 0.15) is 0 Å². The van der Waals surface area contributed by atoms with Crippen molar-refractivity contribution in [2.45, 2.75) is 13.0 Å². The molecule has 0 saturated heterocycles. The van der Waals surface area contributed by atoms with Crippen molar-refractivity contribution in [2.24, 2.45) is 4.99 Å². The van der Waals surface area contributed by atoms with Gasteiger partial charge in [-0.05, 0) is 35.7 Å². The molecule has 3 N–H and O–H groups in total. The second-order valence-corrected chi connectivity index (χ2v) is 5.88. The molecule has 0 aliphatic carbocycles. The molecule has 25 heavy (non-hydrogen) atoms. The number of nitrogens with one attached hydrogen (secondary N) is 3. The van der Waals surface area contributed by atoms with Crippen molar-refractivity contribution in [1.82, 2.24) is 16.0 Å². The van der Waals surface area contributed by atoms with Crippen LogP contribution in [0, 0.1) is 0 Å². The first-order valence-electron chi connectivity index (χ1n) is 8.13. The number of amides is 1. The first-order valence-corrected chi connectivity index (χ1v) is 8.50. The highest BCUT2D eigenvalue weighted by molar-refractivity contribution is 6.31. The first-order chi connectivity index (χ1) is 12.1. The SMILES string of the molecule is CN=C(NCCc1cccc(C(=O)NC)c1)NCc1ccccc1Cl. The van der Waals surface area contributed by atoms with Gasteiger partial charge in [0.2, 0.25) is 0 Å². The van der Waals surface area contributed by atoms with Crippen molar-refractivity contribution in [3.05, 3.63) is 70.2 Å². The Morgan fingerprint density at radius 3 is 2.64 bits per heavy atom. The molecule has 0 fully saturated rings. The molecule has 0 atom stereocenters. The van der Waals surface area contributed by atoms with Gasteiger partial charge >= 0.3 is 0 Å². The summed E-state index contributed by atoms with van der Waals surface area (Å²) in [4.78, 5) is 15.9. The Labute approximate surface area is 153 Å². The summed E-state index contributed by atoms with van der Waals surface area (Å²) in [6, 6.07) is 15.3. The summed E-state index contributed by atoms with van der Waals surface area (Å²) in [5.41, 5.74) is 2.78. The maximum Gasteiger partial charge on any atom is 0.251 e. The summed E-state index contributed by atoms with van der Waals surface area (Å²) in [6.45, 7) is 1.31. The molecule has 5 nitrogen and oxygen atoms in total. The van der Waals surface area contributed by atoms with Crippen LogP contribution in [-0.2, 0) is 13.0 Å². The number of benzene rings is 2. The van der Waals surface area contributed by atoms with Gasteiger partial charge in [-0.25, -0.2) is 0 Å². The molecule has 1 amide bonds. The fourth-order valence-corrected chi connectivity index (χ4v) is 2.58. The van der Waals surface area contributed by atoms with Crippen molar-refractivity contribution < 1.29 is 4.79 Å². The Morgan fingerprint density at radius 2 is 1.92 bits per heavy atom. The number of carbonyl (C=O) groups is 1. The third-order valence-corrected chi connectivity index (χ3v) is 4.12. The van der Waals surface area contributed by atoms with Gasteiger partial charge in [0.05, 0.1) is 0 Å². The standard InChI is InChI=1S/C19H23ClN4O/c1-21-18(25)15-8-5-6-14(12-15)10-11-23-19(22-2)24-13-16-7-3-4-9-17(16)20/h3-9,12H,10-11,13H2,1-2H3,(H,21,25)(H2,22,23,24). The second kappa shape index (κ2) is 9.69. The number of hydrogen-bond donors (Lipinski definition) is 3. The average Bonchev–Trinajstić information content (AvgIpc) is 2.65. The molecule has 2 rings (SSSR count). The number of rotatable bonds is 6. The van der Waals surface area contributed by atoms with Crippen LogP contribution in [-0.4, -0.2) is 32.5 Å². The molecule has 0 aromatic heterocycles. The van der Waals surface area contributed by atoms with Crippen LogP contribution in [0.15, 0.2) is 53.5 Å². The minimum Gasteiger partial charge on any atom is -0.356 e. The van der Waals surface area contributed by atoms with Crippen LogP contribution in [0.2, 0.25) is 5.02 Å². The van der Waals surface area contributed by atoms with Crippen LogP contribution < -0.4 is 16.0 Å². The van der Waals surface area contributed by atoms with E-state index in [0.717, 1.165) is 22.6 Å². The highest BCUT2D eigenvalue weighted by Crippen LogP contribution is 2.14. The minimum absolute atomic E-state index is 0.0768. The van der Waals surface area contributed by atoms with Gasteiger partial charge < -0.3 is 16.0 Å². The van der Waals surface area contributed by atoms with Gasteiger partial charge in [-0.2, -0.15) is 0 Å². The normalized spacial score (nSPS) is 11.1. The first kappa shape index (κ1) is 18.8. The quantitative estimate of drug-likeness (QED) is 0.549. The van der Waals surface area contributed by atoms with E-state index in [4.69, 9.17) is 11.6 Å². The van der Waals surface area contributed by atoms with E-state index in [-0.39, 0.29) is 5.91 Å². The van der Waals surface area contributed by atoms with Crippen molar-refractivity contribution in [2.75, 3.05) is 20.6 Å². The van der Waals surface area contributed by atoms with E-state index in [1.54, 1.807) is 20.2 Å². The summed E-state index contributed by atoms with van der Waals surface area (Å²) in [5, 5.41) is 9.87. The molecule has 0 heterocycles. The highest BCUT2D eigenvalue weighted by atomic mass is 35.5. The van der Waals surface area contributed by atoms with Gasteiger partial charge in [-0.15, -0.1) is 0 Å². The zero-order chi connectivity index (χ0) is 18.1. The lowest BCUT2D eigenvalue weighted by Gasteiger charge is -2.13. The van der Waals surface area contributed by atoms with E-state index < -0.39 is 0 Å². The van der Waals surface area contributed by atoms with Crippen molar-refractivity contribution in [3.63, 3.8) is 0 Å². The van der Waals surface area contributed by atoms with E-state index >= 15 is 0 Å². The highest BCUT2D eigenvalue weighted by Gasteiger charge is 2.04. The van der Waals surface area contributed by atoms with Crippen LogP contribution in [0.1, 0.15) is 21.5 Å². The fourth-order valence-electron chi connectivity index (χ4n) is 2.38. The Balaban J connectivity index is 1.83. The van der Waals surface area contributed by atoms with Crippen molar-refractivity contribution in [1.29, 1.82) is 0 Å². The topological polar surface area (TPSA) is 65.5 Å². The van der Waals surface area contributed by atoms with Gasteiger partial charge in [0, 0.05) is 37.8 Å². The molecule has 0 unspecified atom stereocenters. The number of halogens is 1. The number of aliphatic imine (C=N–C) groups is 1. The molecule has 0 aliphatic heterocycles. The Morgan fingerprint density at radius 1 is 1.12 bits per heavy atom. The number of guanidine groups is 1. The molecule has 0 bridgehead atoms. The van der Waals surface area contributed by atoms with Crippen LogP contribution in [0.25, 0.3) is 0 Å². The number of hydrogen-bond acceptors (Lipinski definition) is 2. The summed E-state index contributed by atoms with van der Waals surface area (Å²) in [7, 11) is 3.36. The summed E-state index contributed by atoms with van der Waals surface area (Å²) in [6.07, 6.45) is 0.789. The lowest BCUT2D eigenvalue weighted by atomic mass is 10.1. The fraction of sp³-hybridized carbons (Fsp3) is 0.263. The molecule has 6 heteroatoms. The summed E-state index contributed by atoms with van der Waals surface area (Å²) < 4.78 is 0. The lowest BCUT2D eigenvalue weighted by Crippen LogP contribution is -2.37. The smallest absolute Gasteiger partial charge is 0.251 e. The zero-order valence-corrected chi connectivity index (χ0v) is 15.2. The van der Waals surface area contributed by atoms with E-state index in [2.05, 4.69) is 20.9 Å². The van der Waals surface area contributed by atoms with Gasteiger partial charge in [-0.3, -0.25) is 9.79 Å². The van der Waals surface area contributed by atoms with Gasteiger partial charge in [0.25, 0.3) is 5.91 Å². The molecule has 0 spiro atoms.